The van der Waals surface area contributed by atoms with Crippen LogP contribution in [0.2, 0.25) is 0 Å². The van der Waals surface area contributed by atoms with Gasteiger partial charge in [0.25, 0.3) is 0 Å². The fraction of sp³-hybridized carbons (Fsp3) is 0.414. The van der Waals surface area contributed by atoms with Gasteiger partial charge in [-0.05, 0) is 6.42 Å². The molecule has 3 aliphatic rings. The van der Waals surface area contributed by atoms with E-state index in [1.165, 1.54) is 65.5 Å². The summed E-state index contributed by atoms with van der Waals surface area (Å²) < 4.78 is 1.80. The van der Waals surface area contributed by atoms with E-state index < -0.39 is 0 Å². The van der Waals surface area contributed by atoms with Gasteiger partial charge in [0.05, 0.1) is 0 Å². The molecule has 1 atom stereocenters. The topological polar surface area (TPSA) is 0 Å². The third-order valence-corrected chi connectivity index (χ3v) is 7.23. The van der Waals surface area contributed by atoms with Crippen molar-refractivity contribution >= 4 is 3.21 Å². The van der Waals surface area contributed by atoms with Crippen LogP contribution in [0.25, 0.3) is 11.1 Å². The maximum absolute atomic E-state index is 3.37. The predicted octanol–water partition coefficient (Wildman–Crippen LogP) is 1.70. The van der Waals surface area contributed by atoms with Gasteiger partial charge < -0.3 is 24.8 Å². The summed E-state index contributed by atoms with van der Waals surface area (Å²) in [6, 6.07) is 18.1. The second-order valence-electron chi connectivity index (χ2n) is 8.90. The van der Waals surface area contributed by atoms with E-state index in [9.17, 15) is 0 Å². The number of halogens is 2. The van der Waals surface area contributed by atoms with E-state index >= 15 is 0 Å². The van der Waals surface area contributed by atoms with Crippen LogP contribution in [0.5, 0.6) is 0 Å². The van der Waals surface area contributed by atoms with Gasteiger partial charge in [-0.3, -0.25) is 6.08 Å². The third-order valence-electron chi connectivity index (χ3n) is 6.00. The van der Waals surface area contributed by atoms with Crippen molar-refractivity contribution in [3.8, 4) is 11.1 Å². The Morgan fingerprint density at radius 3 is 2.12 bits per heavy atom. The average Bonchev–Trinajstić information content (AvgIpc) is 3.29. The minimum atomic E-state index is 0. The molecule has 1 unspecified atom stereocenters. The Bertz CT molecular complexity index is 888. The Hall–Kier alpha value is -0.747. The fourth-order valence-corrected chi connectivity index (χ4v) is 5.33. The van der Waals surface area contributed by atoms with Crippen LogP contribution >= 0.6 is 0 Å². The zero-order valence-corrected chi connectivity index (χ0v) is 23.7. The van der Waals surface area contributed by atoms with Crippen molar-refractivity contribution in [3.63, 3.8) is 0 Å². The second-order valence-corrected chi connectivity index (χ2v) is 10.6. The van der Waals surface area contributed by atoms with E-state index in [4.69, 9.17) is 0 Å². The SMILES string of the molecule is CC1=[C-]C(C)C=C1C(C)C.[Cl-].[Cl-].[Zr+2]=[C]1CCCCC1.[c-]1cccc2c1Cc1ccccc1-2. The summed E-state index contributed by atoms with van der Waals surface area (Å²) in [6.45, 7) is 8.79. The first kappa shape index (κ1) is 29.3. The summed E-state index contributed by atoms with van der Waals surface area (Å²) >= 11 is 1.69. The van der Waals surface area contributed by atoms with Gasteiger partial charge in [0.2, 0.25) is 0 Å². The van der Waals surface area contributed by atoms with Crippen LogP contribution in [-0.4, -0.2) is 3.21 Å². The molecule has 2 aromatic carbocycles. The summed E-state index contributed by atoms with van der Waals surface area (Å²) in [5.74, 6) is 1.20. The molecule has 0 saturated heterocycles. The Kier molecular flexibility index (Phi) is 13.3. The van der Waals surface area contributed by atoms with Crippen LogP contribution in [0, 0.1) is 24.0 Å². The maximum atomic E-state index is 3.37. The molecule has 0 radical (unpaired) electrons. The van der Waals surface area contributed by atoms with Crippen molar-refractivity contribution in [3.05, 3.63) is 83.0 Å². The minimum Gasteiger partial charge on any atom is -0.179 e. The number of hydrogen-bond acceptors (Lipinski definition) is 0. The predicted molar refractivity (Wildman–Crippen MR) is 126 cm³/mol. The molecule has 2 aromatic rings. The monoisotopic (exact) mass is 542 g/mol. The Morgan fingerprint density at radius 1 is 0.938 bits per heavy atom. The van der Waals surface area contributed by atoms with E-state index in [-0.39, 0.29) is 24.8 Å². The number of allylic oxidation sites excluding steroid dienone is 4. The molecule has 170 valence electrons. The molecular formula is C29H34Cl2Zr-2. The number of rotatable bonds is 1. The summed E-state index contributed by atoms with van der Waals surface area (Å²) in [5.41, 5.74) is 8.34. The van der Waals surface area contributed by atoms with E-state index in [1.807, 2.05) is 6.07 Å². The van der Waals surface area contributed by atoms with Crippen molar-refractivity contribution in [2.75, 3.05) is 0 Å². The molecular weight excluding hydrogens is 510 g/mol. The van der Waals surface area contributed by atoms with Crippen LogP contribution in [-0.2, 0) is 30.7 Å². The number of fused-ring (bicyclic) bond motifs is 3. The average molecular weight is 545 g/mol. The standard InChI is InChI=1S/C13H9.C10H15.C6H10.2ClH.Zr/c1-3-7-12-10(5-1)9-11-6-2-4-8-13(11)12;1-7(2)10-6-8(3)5-9(10)4;1-2-4-6-5-3-1;;;/h1-5,7-8H,9H2;6-8H,1-4H3;1-5H2;2*1H;/q2*-1;;;;+2/p-2. The smallest absolute Gasteiger partial charge is 0.0253 e. The zero-order valence-electron chi connectivity index (χ0n) is 19.8. The van der Waals surface area contributed by atoms with Crippen LogP contribution in [0.3, 0.4) is 0 Å². The van der Waals surface area contributed by atoms with Crippen LogP contribution in [0.15, 0.2) is 59.7 Å². The summed E-state index contributed by atoms with van der Waals surface area (Å²) in [7, 11) is 0. The Balaban J connectivity index is 0.000000244. The first-order chi connectivity index (χ1) is 14.5. The summed E-state index contributed by atoms with van der Waals surface area (Å²) in [6.07, 6.45) is 14.0. The molecule has 0 heterocycles. The van der Waals surface area contributed by atoms with Crippen molar-refractivity contribution in [2.24, 2.45) is 11.8 Å². The molecule has 32 heavy (non-hydrogen) atoms. The molecule has 0 bridgehead atoms. The summed E-state index contributed by atoms with van der Waals surface area (Å²) in [5, 5.41) is 0. The molecule has 0 amide bonds. The van der Waals surface area contributed by atoms with Gasteiger partial charge in [-0.25, -0.2) is 5.57 Å². The first-order valence-electron chi connectivity index (χ1n) is 11.4. The maximum Gasteiger partial charge on any atom is -0.0253 e. The normalized spacial score (nSPS) is 17.8. The van der Waals surface area contributed by atoms with Crippen molar-refractivity contribution in [2.45, 2.75) is 66.2 Å². The molecule has 3 heteroatoms. The first-order valence-corrected chi connectivity index (χ1v) is 12.6. The minimum absolute atomic E-state index is 0. The van der Waals surface area contributed by atoms with Gasteiger partial charge in [-0.1, -0.05) is 74.9 Å². The summed E-state index contributed by atoms with van der Waals surface area (Å²) in [4.78, 5) is 0. The molecule has 1 fully saturated rings. The van der Waals surface area contributed by atoms with Gasteiger partial charge in [0.1, 0.15) is 0 Å². The third kappa shape index (κ3) is 8.23. The molecule has 0 aliphatic heterocycles. The van der Waals surface area contributed by atoms with Gasteiger partial charge in [0, 0.05) is 0 Å². The van der Waals surface area contributed by atoms with Crippen LogP contribution < -0.4 is 24.8 Å². The van der Waals surface area contributed by atoms with Crippen LogP contribution in [0.4, 0.5) is 0 Å². The molecule has 5 rings (SSSR count). The largest absolute Gasteiger partial charge is 0.179 e. The fourth-order valence-electron chi connectivity index (χ4n) is 4.46. The Morgan fingerprint density at radius 2 is 1.59 bits per heavy atom. The van der Waals surface area contributed by atoms with Gasteiger partial charge >= 0.3 is 59.5 Å². The van der Waals surface area contributed by atoms with E-state index in [0.29, 0.717) is 11.8 Å². The zero-order chi connectivity index (χ0) is 21.5. The van der Waals surface area contributed by atoms with Crippen molar-refractivity contribution in [1.29, 1.82) is 0 Å². The second kappa shape index (κ2) is 14.5. The Labute approximate surface area is 223 Å². The van der Waals surface area contributed by atoms with Crippen molar-refractivity contribution < 1.29 is 49.0 Å². The number of hydrogen-bond donors (Lipinski definition) is 0. The van der Waals surface area contributed by atoms with Crippen molar-refractivity contribution in [1.82, 2.24) is 0 Å². The van der Waals surface area contributed by atoms with Crippen LogP contribution in [0.1, 0.15) is 70.9 Å². The van der Waals surface area contributed by atoms with Gasteiger partial charge in [-0.15, -0.1) is 5.56 Å². The molecule has 1 saturated carbocycles. The van der Waals surface area contributed by atoms with Gasteiger partial charge in [-0.2, -0.15) is 41.5 Å². The molecule has 0 nitrogen and oxygen atoms in total. The molecule has 0 aromatic heterocycles. The number of benzene rings is 2. The van der Waals surface area contributed by atoms with E-state index in [1.54, 1.807) is 27.4 Å². The van der Waals surface area contributed by atoms with E-state index in [2.05, 4.69) is 82.3 Å². The molecule has 0 N–H and O–H groups in total. The van der Waals surface area contributed by atoms with E-state index in [0.717, 1.165) is 6.42 Å². The molecule has 3 aliphatic carbocycles. The quantitative estimate of drug-likeness (QED) is 0.410. The molecule has 0 spiro atoms. The van der Waals surface area contributed by atoms with Gasteiger partial charge in [0.15, 0.2) is 0 Å².